The van der Waals surface area contributed by atoms with Gasteiger partial charge in [0.15, 0.2) is 0 Å². The molecule has 1 aromatic carbocycles. The third kappa shape index (κ3) is 3.99. The Balaban J connectivity index is 1.69. The second-order valence-corrected chi connectivity index (χ2v) is 6.51. The highest BCUT2D eigenvalue weighted by Crippen LogP contribution is 2.22. The van der Waals surface area contributed by atoms with Gasteiger partial charge in [-0.1, -0.05) is 6.07 Å². The van der Waals surface area contributed by atoms with Crippen LogP contribution in [0.3, 0.4) is 0 Å². The first-order valence-electron chi connectivity index (χ1n) is 8.52. The maximum absolute atomic E-state index is 13.4. The monoisotopic (exact) mass is 356 g/mol. The number of carbonyl (C=O) groups is 2. The number of primary amides is 1. The number of nitrogens with two attached hydrogens (primary N) is 1. The van der Waals surface area contributed by atoms with Crippen molar-refractivity contribution in [3.05, 3.63) is 53.5 Å². The van der Waals surface area contributed by atoms with Crippen molar-refractivity contribution >= 4 is 23.3 Å². The van der Waals surface area contributed by atoms with Crippen molar-refractivity contribution in [2.75, 3.05) is 23.3 Å². The number of pyridine rings is 1. The molecular weight excluding hydrogens is 335 g/mol. The first-order valence-corrected chi connectivity index (χ1v) is 8.52. The molecule has 1 aliphatic rings. The van der Waals surface area contributed by atoms with Crippen molar-refractivity contribution in [2.45, 2.75) is 19.8 Å². The van der Waals surface area contributed by atoms with E-state index in [2.05, 4.69) is 10.3 Å². The van der Waals surface area contributed by atoms with E-state index in [0.29, 0.717) is 17.8 Å². The first kappa shape index (κ1) is 17.8. The number of nitrogens with zero attached hydrogens (tertiary/aromatic N) is 2. The normalized spacial score (nSPS) is 17.0. The van der Waals surface area contributed by atoms with Gasteiger partial charge in [0.25, 0.3) is 5.91 Å². The molecular formula is C19H21FN4O2. The Morgan fingerprint density at radius 3 is 2.81 bits per heavy atom. The number of benzene rings is 1. The van der Waals surface area contributed by atoms with Gasteiger partial charge in [0, 0.05) is 18.7 Å². The van der Waals surface area contributed by atoms with E-state index < -0.39 is 5.82 Å². The number of rotatable bonds is 4. The fraction of sp³-hybridized carbons (Fsp3) is 0.316. The van der Waals surface area contributed by atoms with Crippen LogP contribution in [0.2, 0.25) is 0 Å². The molecule has 0 aliphatic carbocycles. The standard InChI is InChI=1S/C19H21FN4O2/c1-12-4-5-14(20)9-16(12)19(26)23-15-6-7-17(22-10-15)24-8-2-3-13(11-24)18(21)25/h4-7,9-10,13H,2-3,8,11H2,1H3,(H2,21,25)(H,23,26)/t13-/m1/s1. The number of halogens is 1. The summed E-state index contributed by atoms with van der Waals surface area (Å²) in [5.41, 5.74) is 6.90. The van der Waals surface area contributed by atoms with Gasteiger partial charge in [-0.25, -0.2) is 9.37 Å². The van der Waals surface area contributed by atoms with Crippen LogP contribution in [-0.4, -0.2) is 29.9 Å². The summed E-state index contributed by atoms with van der Waals surface area (Å²) < 4.78 is 13.4. The number of carbonyl (C=O) groups excluding carboxylic acids is 2. The minimum atomic E-state index is -0.455. The van der Waals surface area contributed by atoms with Gasteiger partial charge in [0.1, 0.15) is 11.6 Å². The van der Waals surface area contributed by atoms with Crippen molar-refractivity contribution in [2.24, 2.45) is 11.7 Å². The Kier molecular flexibility index (Phi) is 5.16. The summed E-state index contributed by atoms with van der Waals surface area (Å²) in [6.45, 7) is 3.11. The van der Waals surface area contributed by atoms with Crippen LogP contribution in [-0.2, 0) is 4.79 Å². The van der Waals surface area contributed by atoms with Gasteiger partial charge >= 0.3 is 0 Å². The molecule has 26 heavy (non-hydrogen) atoms. The SMILES string of the molecule is Cc1ccc(F)cc1C(=O)Nc1ccc(N2CCC[C@@H](C(N)=O)C2)nc1. The molecule has 1 saturated heterocycles. The van der Waals surface area contributed by atoms with Crippen LogP contribution in [0.4, 0.5) is 15.9 Å². The fourth-order valence-corrected chi connectivity index (χ4v) is 3.10. The Morgan fingerprint density at radius 2 is 2.12 bits per heavy atom. The average Bonchev–Trinajstić information content (AvgIpc) is 2.64. The van der Waals surface area contributed by atoms with Crippen LogP contribution < -0.4 is 16.0 Å². The maximum atomic E-state index is 13.4. The van der Waals surface area contributed by atoms with Gasteiger partial charge in [0.2, 0.25) is 5.91 Å². The van der Waals surface area contributed by atoms with Crippen LogP contribution in [0.25, 0.3) is 0 Å². The van der Waals surface area contributed by atoms with Gasteiger partial charge in [-0.05, 0) is 49.6 Å². The molecule has 2 aromatic rings. The molecule has 0 bridgehead atoms. The number of nitrogens with one attached hydrogen (secondary N) is 1. The van der Waals surface area contributed by atoms with Crippen LogP contribution in [0.1, 0.15) is 28.8 Å². The van der Waals surface area contributed by atoms with Crippen molar-refractivity contribution < 1.29 is 14.0 Å². The molecule has 1 aliphatic heterocycles. The van der Waals surface area contributed by atoms with Crippen molar-refractivity contribution in [1.29, 1.82) is 0 Å². The highest BCUT2D eigenvalue weighted by Gasteiger charge is 2.24. The smallest absolute Gasteiger partial charge is 0.256 e. The Labute approximate surface area is 151 Å². The zero-order valence-corrected chi connectivity index (χ0v) is 14.5. The van der Waals surface area contributed by atoms with Gasteiger partial charge < -0.3 is 16.0 Å². The van der Waals surface area contributed by atoms with E-state index >= 15 is 0 Å². The van der Waals surface area contributed by atoms with E-state index in [0.717, 1.165) is 25.2 Å². The molecule has 1 fully saturated rings. The zero-order chi connectivity index (χ0) is 18.7. The molecule has 6 nitrogen and oxygen atoms in total. The largest absolute Gasteiger partial charge is 0.369 e. The molecule has 136 valence electrons. The number of hydrogen-bond donors (Lipinski definition) is 2. The van der Waals surface area contributed by atoms with E-state index in [1.165, 1.54) is 12.1 Å². The highest BCUT2D eigenvalue weighted by molar-refractivity contribution is 6.05. The summed E-state index contributed by atoms with van der Waals surface area (Å²) in [5, 5.41) is 2.72. The molecule has 0 unspecified atom stereocenters. The van der Waals surface area contributed by atoms with E-state index in [4.69, 9.17) is 5.73 Å². The van der Waals surface area contributed by atoms with Crippen LogP contribution in [0, 0.1) is 18.7 Å². The molecule has 0 spiro atoms. The molecule has 1 aromatic heterocycles. The van der Waals surface area contributed by atoms with Gasteiger partial charge in [-0.15, -0.1) is 0 Å². The Hall–Kier alpha value is -2.96. The maximum Gasteiger partial charge on any atom is 0.256 e. The summed E-state index contributed by atoms with van der Waals surface area (Å²) in [4.78, 5) is 30.1. The molecule has 2 heterocycles. The molecule has 0 radical (unpaired) electrons. The lowest BCUT2D eigenvalue weighted by Crippen LogP contribution is -2.41. The van der Waals surface area contributed by atoms with Gasteiger partial charge in [0.05, 0.1) is 17.8 Å². The van der Waals surface area contributed by atoms with E-state index in [1.807, 2.05) is 4.90 Å². The lowest BCUT2D eigenvalue weighted by atomic mass is 9.97. The predicted octanol–water partition coefficient (Wildman–Crippen LogP) is 2.48. The topological polar surface area (TPSA) is 88.3 Å². The lowest BCUT2D eigenvalue weighted by Gasteiger charge is -2.32. The average molecular weight is 356 g/mol. The van der Waals surface area contributed by atoms with E-state index in [1.54, 1.807) is 31.3 Å². The quantitative estimate of drug-likeness (QED) is 0.881. The third-order valence-electron chi connectivity index (χ3n) is 4.60. The van der Waals surface area contributed by atoms with Crippen molar-refractivity contribution in [3.8, 4) is 0 Å². The van der Waals surface area contributed by atoms with Gasteiger partial charge in [-0.3, -0.25) is 9.59 Å². The van der Waals surface area contributed by atoms with Crippen molar-refractivity contribution in [3.63, 3.8) is 0 Å². The third-order valence-corrected chi connectivity index (χ3v) is 4.60. The summed E-state index contributed by atoms with van der Waals surface area (Å²) >= 11 is 0. The minimum Gasteiger partial charge on any atom is -0.369 e. The number of amides is 2. The second kappa shape index (κ2) is 7.51. The molecule has 7 heteroatoms. The Bertz CT molecular complexity index is 823. The summed E-state index contributed by atoms with van der Waals surface area (Å²) in [5.74, 6) is -0.563. The summed E-state index contributed by atoms with van der Waals surface area (Å²) in [6, 6.07) is 7.63. The molecule has 3 N–H and O–H groups in total. The lowest BCUT2D eigenvalue weighted by molar-refractivity contribution is -0.122. The molecule has 3 rings (SSSR count). The molecule has 1 atom stereocenters. The first-order chi connectivity index (χ1) is 12.4. The van der Waals surface area contributed by atoms with E-state index in [-0.39, 0.29) is 23.3 Å². The number of hydrogen-bond acceptors (Lipinski definition) is 4. The van der Waals surface area contributed by atoms with Crippen LogP contribution in [0.5, 0.6) is 0 Å². The molecule has 0 saturated carbocycles. The minimum absolute atomic E-state index is 0.166. The van der Waals surface area contributed by atoms with Crippen molar-refractivity contribution in [1.82, 2.24) is 4.98 Å². The summed E-state index contributed by atoms with van der Waals surface area (Å²) in [6.07, 6.45) is 3.23. The Morgan fingerprint density at radius 1 is 1.31 bits per heavy atom. The highest BCUT2D eigenvalue weighted by atomic mass is 19.1. The van der Waals surface area contributed by atoms with Crippen LogP contribution >= 0.6 is 0 Å². The number of aromatic nitrogens is 1. The summed E-state index contributed by atoms with van der Waals surface area (Å²) in [7, 11) is 0. The predicted molar refractivity (Wildman–Crippen MR) is 97.5 cm³/mol. The number of piperidine rings is 1. The number of anilines is 2. The number of aryl methyl sites for hydroxylation is 1. The second-order valence-electron chi connectivity index (χ2n) is 6.51. The van der Waals surface area contributed by atoms with Crippen LogP contribution in [0.15, 0.2) is 36.5 Å². The fourth-order valence-electron chi connectivity index (χ4n) is 3.10. The zero-order valence-electron chi connectivity index (χ0n) is 14.5. The molecule has 2 amide bonds. The van der Waals surface area contributed by atoms with E-state index in [9.17, 15) is 14.0 Å². The van der Waals surface area contributed by atoms with Gasteiger partial charge in [-0.2, -0.15) is 0 Å².